The number of amides is 1. The van der Waals surface area contributed by atoms with E-state index in [0.717, 1.165) is 6.07 Å². The highest BCUT2D eigenvalue weighted by atomic mass is 35.5. The summed E-state index contributed by atoms with van der Waals surface area (Å²) in [6.45, 7) is 1.67. The van der Waals surface area contributed by atoms with Crippen LogP contribution in [0.2, 0.25) is 0 Å². The minimum absolute atomic E-state index is 0.201. The first-order valence-corrected chi connectivity index (χ1v) is 4.93. The van der Waals surface area contributed by atoms with Gasteiger partial charge < -0.3 is 10.4 Å². The van der Waals surface area contributed by atoms with Gasteiger partial charge in [0.15, 0.2) is 11.6 Å². The van der Waals surface area contributed by atoms with E-state index in [2.05, 4.69) is 5.32 Å². The third kappa shape index (κ3) is 3.09. The van der Waals surface area contributed by atoms with E-state index in [-0.39, 0.29) is 17.7 Å². The lowest BCUT2D eigenvalue weighted by molar-refractivity contribution is -0.118. The fourth-order valence-electron chi connectivity index (χ4n) is 0.920. The Bertz CT molecular complexity index is 370. The maximum absolute atomic E-state index is 12.9. The van der Waals surface area contributed by atoms with Crippen LogP contribution in [0.1, 0.15) is 6.92 Å². The molecule has 1 amide bonds. The van der Waals surface area contributed by atoms with Crippen LogP contribution in [0.4, 0.5) is 10.1 Å². The SMILES string of the molecule is CC(CCl)C(=O)Nc1ccc(O)c(F)c1. The molecule has 0 aliphatic heterocycles. The van der Waals surface area contributed by atoms with Crippen LogP contribution in [-0.2, 0) is 4.79 Å². The fourth-order valence-corrected chi connectivity index (χ4v) is 1.06. The van der Waals surface area contributed by atoms with Crippen LogP contribution in [0.5, 0.6) is 5.75 Å². The van der Waals surface area contributed by atoms with Crippen molar-refractivity contribution in [3.63, 3.8) is 0 Å². The third-order valence-corrected chi connectivity index (χ3v) is 2.36. The zero-order valence-electron chi connectivity index (χ0n) is 8.13. The lowest BCUT2D eigenvalue weighted by atomic mass is 10.2. The van der Waals surface area contributed by atoms with E-state index in [1.54, 1.807) is 6.92 Å². The third-order valence-electron chi connectivity index (χ3n) is 1.89. The number of halogens is 2. The summed E-state index contributed by atoms with van der Waals surface area (Å²) >= 11 is 5.49. The van der Waals surface area contributed by atoms with Crippen LogP contribution in [0.3, 0.4) is 0 Å². The molecule has 1 atom stereocenters. The Balaban J connectivity index is 2.73. The maximum Gasteiger partial charge on any atom is 0.228 e. The van der Waals surface area contributed by atoms with Crippen molar-refractivity contribution < 1.29 is 14.3 Å². The van der Waals surface area contributed by atoms with Crippen molar-refractivity contribution in [3.05, 3.63) is 24.0 Å². The lowest BCUT2D eigenvalue weighted by Gasteiger charge is -2.09. The van der Waals surface area contributed by atoms with Crippen molar-refractivity contribution in [3.8, 4) is 5.75 Å². The van der Waals surface area contributed by atoms with Gasteiger partial charge in [-0.1, -0.05) is 6.92 Å². The number of alkyl halides is 1. The number of carbonyl (C=O) groups is 1. The molecule has 0 saturated carbocycles. The molecule has 1 rings (SSSR count). The molecule has 0 fully saturated rings. The highest BCUT2D eigenvalue weighted by Crippen LogP contribution is 2.19. The number of phenols is 1. The Morgan fingerprint density at radius 1 is 1.67 bits per heavy atom. The molecule has 1 unspecified atom stereocenters. The Labute approximate surface area is 91.9 Å². The molecule has 0 aliphatic carbocycles. The fraction of sp³-hybridized carbons (Fsp3) is 0.300. The van der Waals surface area contributed by atoms with Gasteiger partial charge in [0.25, 0.3) is 0 Å². The summed E-state index contributed by atoms with van der Waals surface area (Å²) in [6, 6.07) is 3.64. The molecule has 0 spiro atoms. The highest BCUT2D eigenvalue weighted by molar-refractivity contribution is 6.19. The summed E-state index contributed by atoms with van der Waals surface area (Å²) in [5, 5.41) is 11.4. The first kappa shape index (κ1) is 11.8. The van der Waals surface area contributed by atoms with Crippen LogP contribution < -0.4 is 5.32 Å². The molecule has 0 aliphatic rings. The van der Waals surface area contributed by atoms with Gasteiger partial charge in [-0.05, 0) is 12.1 Å². The second-order valence-electron chi connectivity index (χ2n) is 3.21. The number of hydrogen-bond donors (Lipinski definition) is 2. The minimum atomic E-state index is -0.772. The van der Waals surface area contributed by atoms with Crippen molar-refractivity contribution in [1.29, 1.82) is 0 Å². The number of rotatable bonds is 3. The van der Waals surface area contributed by atoms with Crippen molar-refractivity contribution in [2.45, 2.75) is 6.92 Å². The number of nitrogens with one attached hydrogen (secondary N) is 1. The molecule has 15 heavy (non-hydrogen) atoms. The smallest absolute Gasteiger partial charge is 0.228 e. The average Bonchev–Trinajstić information content (AvgIpc) is 2.22. The van der Waals surface area contributed by atoms with Crippen LogP contribution in [-0.4, -0.2) is 16.9 Å². The van der Waals surface area contributed by atoms with Gasteiger partial charge in [-0.2, -0.15) is 0 Å². The molecule has 3 nitrogen and oxygen atoms in total. The molecule has 0 bridgehead atoms. The van der Waals surface area contributed by atoms with Crippen molar-refractivity contribution in [2.24, 2.45) is 5.92 Å². The van der Waals surface area contributed by atoms with Crippen LogP contribution in [0.15, 0.2) is 18.2 Å². The average molecular weight is 232 g/mol. The largest absolute Gasteiger partial charge is 0.505 e. The zero-order chi connectivity index (χ0) is 11.4. The predicted molar refractivity (Wildman–Crippen MR) is 56.6 cm³/mol. The number of anilines is 1. The molecule has 1 aromatic carbocycles. The van der Waals surface area contributed by atoms with Gasteiger partial charge in [-0.15, -0.1) is 11.6 Å². The van der Waals surface area contributed by atoms with E-state index in [4.69, 9.17) is 16.7 Å². The summed E-state index contributed by atoms with van der Waals surface area (Å²) in [7, 11) is 0. The molecular weight excluding hydrogens is 221 g/mol. The summed E-state index contributed by atoms with van der Waals surface area (Å²) in [6.07, 6.45) is 0. The van der Waals surface area contributed by atoms with Gasteiger partial charge in [0.05, 0.1) is 0 Å². The molecule has 82 valence electrons. The van der Waals surface area contributed by atoms with Crippen molar-refractivity contribution >= 4 is 23.2 Å². The summed E-state index contributed by atoms with van der Waals surface area (Å²) in [4.78, 5) is 11.4. The van der Waals surface area contributed by atoms with E-state index in [1.807, 2.05) is 0 Å². The molecule has 0 aromatic heterocycles. The molecule has 2 N–H and O–H groups in total. The summed E-state index contributed by atoms with van der Waals surface area (Å²) in [5.74, 6) is -1.64. The van der Waals surface area contributed by atoms with E-state index >= 15 is 0 Å². The summed E-state index contributed by atoms with van der Waals surface area (Å²) in [5.41, 5.74) is 0.298. The van der Waals surface area contributed by atoms with Crippen molar-refractivity contribution in [2.75, 3.05) is 11.2 Å². The monoisotopic (exact) mass is 231 g/mol. The van der Waals surface area contributed by atoms with Gasteiger partial charge in [0.1, 0.15) is 0 Å². The number of phenolic OH excluding ortho intramolecular Hbond substituents is 1. The molecule has 0 radical (unpaired) electrons. The zero-order valence-corrected chi connectivity index (χ0v) is 8.88. The summed E-state index contributed by atoms with van der Waals surface area (Å²) < 4.78 is 12.9. The molecule has 5 heteroatoms. The van der Waals surface area contributed by atoms with Gasteiger partial charge in [0.2, 0.25) is 5.91 Å². The highest BCUT2D eigenvalue weighted by Gasteiger charge is 2.12. The van der Waals surface area contributed by atoms with Gasteiger partial charge in [0, 0.05) is 23.6 Å². The molecule has 1 aromatic rings. The molecule has 0 heterocycles. The lowest BCUT2D eigenvalue weighted by Crippen LogP contribution is -2.21. The van der Waals surface area contributed by atoms with Crippen molar-refractivity contribution in [1.82, 2.24) is 0 Å². The minimum Gasteiger partial charge on any atom is -0.505 e. The second kappa shape index (κ2) is 4.98. The Morgan fingerprint density at radius 2 is 2.33 bits per heavy atom. The van der Waals surface area contributed by atoms with E-state index < -0.39 is 11.6 Å². The van der Waals surface area contributed by atoms with Gasteiger partial charge >= 0.3 is 0 Å². The van der Waals surface area contributed by atoms with E-state index in [9.17, 15) is 9.18 Å². The molecule has 0 saturated heterocycles. The van der Waals surface area contributed by atoms with Crippen LogP contribution in [0.25, 0.3) is 0 Å². The number of aromatic hydroxyl groups is 1. The molecular formula is C10H11ClFNO2. The van der Waals surface area contributed by atoms with Crippen LogP contribution >= 0.6 is 11.6 Å². The Morgan fingerprint density at radius 3 is 2.87 bits per heavy atom. The Hall–Kier alpha value is -1.29. The van der Waals surface area contributed by atoms with E-state index in [0.29, 0.717) is 5.69 Å². The Kier molecular flexibility index (Phi) is 3.91. The number of benzene rings is 1. The van der Waals surface area contributed by atoms with Crippen LogP contribution in [0, 0.1) is 11.7 Å². The normalized spacial score (nSPS) is 12.2. The quantitative estimate of drug-likeness (QED) is 0.620. The van der Waals surface area contributed by atoms with E-state index in [1.165, 1.54) is 12.1 Å². The standard InChI is InChI=1S/C10H11ClFNO2/c1-6(5-11)10(15)13-7-2-3-9(14)8(12)4-7/h2-4,6,14H,5H2,1H3,(H,13,15). The number of hydrogen-bond acceptors (Lipinski definition) is 2. The predicted octanol–water partition coefficient (Wildman–Crippen LogP) is 2.34. The maximum atomic E-state index is 12.9. The second-order valence-corrected chi connectivity index (χ2v) is 3.52. The number of carbonyl (C=O) groups excluding carboxylic acids is 1. The van der Waals surface area contributed by atoms with Gasteiger partial charge in [-0.25, -0.2) is 4.39 Å². The topological polar surface area (TPSA) is 49.3 Å². The first-order valence-electron chi connectivity index (χ1n) is 4.40. The first-order chi connectivity index (χ1) is 7.04. The van der Waals surface area contributed by atoms with Gasteiger partial charge in [-0.3, -0.25) is 4.79 Å².